The van der Waals surface area contributed by atoms with Crippen LogP contribution in [0, 0.1) is 0 Å². The zero-order chi connectivity index (χ0) is 21.7. The first-order chi connectivity index (χ1) is 15.7. The van der Waals surface area contributed by atoms with Gasteiger partial charge in [0.05, 0.1) is 17.4 Å². The largest absolute Gasteiger partial charge is 0.482 e. The van der Waals surface area contributed by atoms with Crippen molar-refractivity contribution in [2.75, 3.05) is 17.7 Å². The van der Waals surface area contributed by atoms with Crippen molar-refractivity contribution >= 4 is 40.0 Å². The van der Waals surface area contributed by atoms with Gasteiger partial charge in [0.15, 0.2) is 12.4 Å². The number of para-hydroxylation sites is 1. The molecule has 0 radical (unpaired) electrons. The zero-order valence-corrected chi connectivity index (χ0v) is 17.7. The average Bonchev–Trinajstić information content (AvgIpc) is 3.42. The van der Waals surface area contributed by atoms with E-state index in [0.29, 0.717) is 34.6 Å². The fourth-order valence-corrected chi connectivity index (χ4v) is 4.85. The topological polar surface area (TPSA) is 123 Å². The first kappa shape index (κ1) is 19.1. The highest BCUT2D eigenvalue weighted by Gasteiger charge is 2.25. The molecule has 0 spiro atoms. The van der Waals surface area contributed by atoms with Crippen LogP contribution in [0.1, 0.15) is 23.0 Å². The summed E-state index contributed by atoms with van der Waals surface area (Å²) < 4.78 is 7.19. The van der Waals surface area contributed by atoms with Crippen molar-refractivity contribution in [2.45, 2.75) is 17.6 Å². The Morgan fingerprint density at radius 3 is 3.06 bits per heavy atom. The second-order valence-electron chi connectivity index (χ2n) is 7.71. The number of anilines is 1. The summed E-state index contributed by atoms with van der Waals surface area (Å²) in [6, 6.07) is 13.5. The molecule has 0 saturated heterocycles. The number of thioether (sulfide) groups is 1. The third-order valence-corrected chi connectivity index (χ3v) is 6.52. The van der Waals surface area contributed by atoms with Gasteiger partial charge in [-0.1, -0.05) is 30.0 Å². The molecule has 2 aliphatic rings. The van der Waals surface area contributed by atoms with Gasteiger partial charge in [-0.05, 0) is 36.2 Å². The van der Waals surface area contributed by atoms with Crippen molar-refractivity contribution in [3.8, 4) is 5.75 Å². The number of aromatic nitrogens is 4. The minimum atomic E-state index is -0.365. The molecule has 1 amide bonds. The monoisotopic (exact) mass is 445 g/mol. The molecular weight excluding hydrogens is 426 g/mol. The quantitative estimate of drug-likeness (QED) is 0.444. The van der Waals surface area contributed by atoms with Gasteiger partial charge in [-0.15, -0.1) is 10.2 Å². The maximum absolute atomic E-state index is 11.7. The second-order valence-corrected chi connectivity index (χ2v) is 8.65. The summed E-state index contributed by atoms with van der Waals surface area (Å²) in [5.74, 6) is 1.75. The summed E-state index contributed by atoms with van der Waals surface area (Å²) in [7, 11) is 0. The molecule has 0 aliphatic carbocycles. The van der Waals surface area contributed by atoms with E-state index in [1.165, 1.54) is 0 Å². The standard InChI is InChI=1S/C22H19N7O2S/c23-15(7-13-9-24-16-4-2-1-3-14(13)16)21-26-27-22-29(21)28-18(11-32-22)12-5-6-19-17(8-12)25-20(30)10-31-19/h1-6,8-9,15,24H,7,10-11,23H2,(H,25,30). The molecule has 32 heavy (non-hydrogen) atoms. The summed E-state index contributed by atoms with van der Waals surface area (Å²) in [5.41, 5.74) is 11.2. The molecule has 10 heteroatoms. The maximum atomic E-state index is 11.7. The third-order valence-electron chi connectivity index (χ3n) is 5.59. The number of rotatable bonds is 4. The van der Waals surface area contributed by atoms with Crippen LogP contribution in [0.2, 0.25) is 0 Å². The van der Waals surface area contributed by atoms with Crippen LogP contribution < -0.4 is 15.8 Å². The molecule has 4 aromatic rings. The molecular formula is C22H19N7O2S. The van der Waals surface area contributed by atoms with Crippen LogP contribution >= 0.6 is 11.8 Å². The van der Waals surface area contributed by atoms with E-state index in [1.54, 1.807) is 16.4 Å². The highest BCUT2D eigenvalue weighted by molar-refractivity contribution is 7.99. The first-order valence-electron chi connectivity index (χ1n) is 10.2. The lowest BCUT2D eigenvalue weighted by Crippen LogP contribution is -2.26. The minimum absolute atomic E-state index is 0.0326. The summed E-state index contributed by atoms with van der Waals surface area (Å²) in [6.45, 7) is 0.0326. The van der Waals surface area contributed by atoms with Gasteiger partial charge in [-0.25, -0.2) is 0 Å². The Morgan fingerprint density at radius 2 is 2.12 bits per heavy atom. The van der Waals surface area contributed by atoms with Crippen molar-refractivity contribution in [3.63, 3.8) is 0 Å². The zero-order valence-electron chi connectivity index (χ0n) is 16.9. The maximum Gasteiger partial charge on any atom is 0.262 e. The van der Waals surface area contributed by atoms with Gasteiger partial charge in [-0.2, -0.15) is 9.78 Å². The van der Waals surface area contributed by atoms with Crippen LogP contribution in [0.25, 0.3) is 10.9 Å². The van der Waals surface area contributed by atoms with Crippen molar-refractivity contribution in [3.05, 3.63) is 65.6 Å². The van der Waals surface area contributed by atoms with Crippen LogP contribution in [0.15, 0.2) is 58.9 Å². The summed E-state index contributed by atoms with van der Waals surface area (Å²) in [5, 5.41) is 18.1. The molecule has 1 unspecified atom stereocenters. The predicted octanol–water partition coefficient (Wildman–Crippen LogP) is 2.69. The Hall–Kier alpha value is -3.63. The average molecular weight is 446 g/mol. The van der Waals surface area contributed by atoms with Gasteiger partial charge in [0.25, 0.3) is 5.91 Å². The van der Waals surface area contributed by atoms with Crippen LogP contribution in [0.4, 0.5) is 5.69 Å². The van der Waals surface area contributed by atoms with E-state index in [1.807, 2.05) is 42.6 Å². The van der Waals surface area contributed by atoms with Crippen molar-refractivity contribution in [1.82, 2.24) is 19.9 Å². The smallest absolute Gasteiger partial charge is 0.262 e. The molecule has 1 atom stereocenters. The first-order valence-corrected chi connectivity index (χ1v) is 11.2. The number of amides is 1. The number of carbonyl (C=O) groups is 1. The number of benzene rings is 2. The van der Waals surface area contributed by atoms with Crippen LogP contribution in [-0.2, 0) is 11.2 Å². The SMILES string of the molecule is NC(Cc1c[nH]c2ccccc12)c1nnc2n1N=C(c1ccc3c(c1)NC(=O)CO3)CS2. The number of carbonyl (C=O) groups excluding carboxylic acids is 1. The molecule has 2 aromatic heterocycles. The number of H-pyrrole nitrogens is 1. The molecule has 6 rings (SSSR count). The second kappa shape index (κ2) is 7.50. The lowest BCUT2D eigenvalue weighted by Gasteiger charge is -2.20. The van der Waals surface area contributed by atoms with Gasteiger partial charge in [0, 0.05) is 28.4 Å². The number of nitrogens with zero attached hydrogens (tertiary/aromatic N) is 4. The van der Waals surface area contributed by atoms with Crippen LogP contribution in [-0.4, -0.2) is 43.8 Å². The normalized spacial score (nSPS) is 16.0. The van der Waals surface area contributed by atoms with Gasteiger partial charge >= 0.3 is 0 Å². The summed E-state index contributed by atoms with van der Waals surface area (Å²) >= 11 is 1.56. The molecule has 4 heterocycles. The molecule has 160 valence electrons. The third kappa shape index (κ3) is 3.24. The van der Waals surface area contributed by atoms with Crippen LogP contribution in [0.3, 0.4) is 0 Å². The van der Waals surface area contributed by atoms with Gasteiger partial charge < -0.3 is 20.8 Å². The molecule has 0 bridgehead atoms. The van der Waals surface area contributed by atoms with E-state index in [4.69, 9.17) is 15.6 Å². The number of aromatic amines is 1. The Bertz CT molecular complexity index is 1390. The lowest BCUT2D eigenvalue weighted by molar-refractivity contribution is -0.118. The number of nitrogens with two attached hydrogens (primary N) is 1. The highest BCUT2D eigenvalue weighted by atomic mass is 32.2. The number of fused-ring (bicyclic) bond motifs is 3. The molecule has 2 aromatic carbocycles. The van der Waals surface area contributed by atoms with Crippen molar-refractivity contribution < 1.29 is 9.53 Å². The minimum Gasteiger partial charge on any atom is -0.482 e. The summed E-state index contributed by atoms with van der Waals surface area (Å²) in [6.07, 6.45) is 2.60. The Morgan fingerprint density at radius 1 is 1.22 bits per heavy atom. The van der Waals surface area contributed by atoms with Crippen molar-refractivity contribution in [1.29, 1.82) is 0 Å². The number of ether oxygens (including phenoxy) is 1. The Balaban J connectivity index is 1.31. The molecule has 0 fully saturated rings. The van der Waals surface area contributed by atoms with E-state index >= 15 is 0 Å². The molecule has 4 N–H and O–H groups in total. The fraction of sp³-hybridized carbons (Fsp3) is 0.182. The fourth-order valence-electron chi connectivity index (χ4n) is 4.01. The van der Waals surface area contributed by atoms with E-state index in [-0.39, 0.29) is 18.6 Å². The highest BCUT2D eigenvalue weighted by Crippen LogP contribution is 2.32. The molecule has 0 saturated carbocycles. The predicted molar refractivity (Wildman–Crippen MR) is 122 cm³/mol. The number of hydrogen-bond donors (Lipinski definition) is 3. The van der Waals surface area contributed by atoms with E-state index in [0.717, 1.165) is 27.7 Å². The number of hydrogen-bond acceptors (Lipinski definition) is 7. The lowest BCUT2D eigenvalue weighted by atomic mass is 10.1. The van der Waals surface area contributed by atoms with Crippen LogP contribution in [0.5, 0.6) is 5.75 Å². The van der Waals surface area contributed by atoms with E-state index < -0.39 is 0 Å². The van der Waals surface area contributed by atoms with Gasteiger partial charge in [-0.3, -0.25) is 4.79 Å². The van der Waals surface area contributed by atoms with Gasteiger partial charge in [0.2, 0.25) is 5.16 Å². The van der Waals surface area contributed by atoms with E-state index in [9.17, 15) is 4.79 Å². The van der Waals surface area contributed by atoms with Crippen molar-refractivity contribution in [2.24, 2.45) is 10.8 Å². The summed E-state index contributed by atoms with van der Waals surface area (Å²) in [4.78, 5) is 15.0. The van der Waals surface area contributed by atoms with Gasteiger partial charge in [0.1, 0.15) is 5.75 Å². The molecule has 2 aliphatic heterocycles. The number of nitrogens with one attached hydrogen (secondary N) is 2. The Labute approximate surface area is 187 Å². The Kier molecular flexibility index (Phi) is 4.47. The molecule has 9 nitrogen and oxygen atoms in total. The van der Waals surface area contributed by atoms with E-state index in [2.05, 4.69) is 26.6 Å².